The molecule has 0 amide bonds. The van der Waals surface area contributed by atoms with Gasteiger partial charge in [-0.15, -0.1) is 0 Å². The molecule has 0 spiro atoms. The third kappa shape index (κ3) is 2.72. The van der Waals surface area contributed by atoms with Crippen LogP contribution in [0.1, 0.15) is 37.8 Å². The number of carboxylic acid groups (broad SMARTS) is 1. The molecule has 1 aromatic rings. The summed E-state index contributed by atoms with van der Waals surface area (Å²) in [7, 11) is 0. The van der Waals surface area contributed by atoms with Crippen molar-refractivity contribution in [3.8, 4) is 11.5 Å². The van der Waals surface area contributed by atoms with E-state index in [0.717, 1.165) is 29.9 Å². The van der Waals surface area contributed by atoms with E-state index in [1.165, 1.54) is 0 Å². The van der Waals surface area contributed by atoms with Crippen molar-refractivity contribution in [2.24, 2.45) is 0 Å². The van der Waals surface area contributed by atoms with Gasteiger partial charge in [0.25, 0.3) is 0 Å². The van der Waals surface area contributed by atoms with Crippen molar-refractivity contribution < 1.29 is 19.4 Å². The highest BCUT2D eigenvalue weighted by Crippen LogP contribution is 2.38. The standard InChI is InChI=1S/C15H19NO4/c1-10(16(12-3-4-12)7-6-15(17)18)11-2-5-13-14(8-11)20-9-19-13/h2,5,8,10,12H,3-4,6-7,9H2,1H3,(H,17,18). The van der Waals surface area contributed by atoms with E-state index < -0.39 is 5.97 Å². The van der Waals surface area contributed by atoms with E-state index in [1.54, 1.807) is 0 Å². The van der Waals surface area contributed by atoms with Crippen LogP contribution in [0.15, 0.2) is 18.2 Å². The van der Waals surface area contributed by atoms with Gasteiger partial charge in [0.1, 0.15) is 0 Å². The Morgan fingerprint density at radius 1 is 1.40 bits per heavy atom. The van der Waals surface area contributed by atoms with Gasteiger partial charge in [0.15, 0.2) is 11.5 Å². The Bertz CT molecular complexity index is 513. The van der Waals surface area contributed by atoms with E-state index in [-0.39, 0.29) is 19.3 Å². The molecule has 5 nitrogen and oxygen atoms in total. The van der Waals surface area contributed by atoms with E-state index >= 15 is 0 Å². The Morgan fingerprint density at radius 2 is 2.15 bits per heavy atom. The van der Waals surface area contributed by atoms with Crippen molar-refractivity contribution >= 4 is 5.97 Å². The molecule has 2 aliphatic rings. The Hall–Kier alpha value is -1.75. The molecule has 1 saturated carbocycles. The molecule has 1 fully saturated rings. The lowest BCUT2D eigenvalue weighted by atomic mass is 10.1. The molecule has 0 bridgehead atoms. The third-order valence-corrected chi connectivity index (χ3v) is 3.98. The lowest BCUT2D eigenvalue weighted by Crippen LogP contribution is -2.31. The van der Waals surface area contributed by atoms with Crippen LogP contribution in [0.4, 0.5) is 0 Å². The molecule has 3 rings (SSSR count). The fourth-order valence-electron chi connectivity index (χ4n) is 2.69. The molecule has 108 valence electrons. The molecular weight excluding hydrogens is 258 g/mol. The molecule has 20 heavy (non-hydrogen) atoms. The number of hydrogen-bond donors (Lipinski definition) is 1. The van der Waals surface area contributed by atoms with E-state index in [2.05, 4.69) is 11.8 Å². The molecule has 0 aromatic heterocycles. The fourth-order valence-corrected chi connectivity index (χ4v) is 2.69. The van der Waals surface area contributed by atoms with Crippen LogP contribution in [0.5, 0.6) is 11.5 Å². The van der Waals surface area contributed by atoms with Crippen LogP contribution in [0.3, 0.4) is 0 Å². The Kier molecular flexibility index (Phi) is 3.53. The summed E-state index contributed by atoms with van der Waals surface area (Å²) in [5.41, 5.74) is 1.14. The van der Waals surface area contributed by atoms with E-state index in [4.69, 9.17) is 14.6 Å². The third-order valence-electron chi connectivity index (χ3n) is 3.98. The van der Waals surface area contributed by atoms with Crippen molar-refractivity contribution in [3.63, 3.8) is 0 Å². The quantitative estimate of drug-likeness (QED) is 0.865. The van der Waals surface area contributed by atoms with Gasteiger partial charge in [0.05, 0.1) is 6.42 Å². The largest absolute Gasteiger partial charge is 0.481 e. The molecule has 1 aliphatic heterocycles. The lowest BCUT2D eigenvalue weighted by molar-refractivity contribution is -0.137. The fraction of sp³-hybridized carbons (Fsp3) is 0.533. The van der Waals surface area contributed by atoms with Gasteiger partial charge >= 0.3 is 5.97 Å². The van der Waals surface area contributed by atoms with E-state index in [1.807, 2.05) is 18.2 Å². The van der Waals surface area contributed by atoms with Crippen LogP contribution >= 0.6 is 0 Å². The molecule has 0 radical (unpaired) electrons. The normalized spacial score (nSPS) is 18.3. The molecule has 1 aliphatic carbocycles. The van der Waals surface area contributed by atoms with Gasteiger partial charge in [-0.2, -0.15) is 0 Å². The maximum absolute atomic E-state index is 10.8. The predicted molar refractivity (Wildman–Crippen MR) is 73.0 cm³/mol. The first-order valence-corrected chi connectivity index (χ1v) is 7.02. The van der Waals surface area contributed by atoms with E-state index in [0.29, 0.717) is 12.6 Å². The number of fused-ring (bicyclic) bond motifs is 1. The highest BCUT2D eigenvalue weighted by molar-refractivity contribution is 5.66. The minimum atomic E-state index is -0.742. The second kappa shape index (κ2) is 5.32. The van der Waals surface area contributed by atoms with Crippen molar-refractivity contribution in [1.29, 1.82) is 0 Å². The topological polar surface area (TPSA) is 59.0 Å². The zero-order valence-corrected chi connectivity index (χ0v) is 11.5. The first kappa shape index (κ1) is 13.2. The summed E-state index contributed by atoms with van der Waals surface area (Å²) < 4.78 is 10.7. The Labute approximate surface area is 118 Å². The number of carbonyl (C=O) groups is 1. The first-order chi connectivity index (χ1) is 9.65. The van der Waals surface area contributed by atoms with Crippen LogP contribution in [0, 0.1) is 0 Å². The van der Waals surface area contributed by atoms with Crippen LogP contribution in [-0.4, -0.2) is 35.4 Å². The summed E-state index contributed by atoms with van der Waals surface area (Å²) in [6.07, 6.45) is 2.51. The molecule has 1 heterocycles. The highest BCUT2D eigenvalue weighted by Gasteiger charge is 2.33. The summed E-state index contributed by atoms with van der Waals surface area (Å²) in [6.45, 7) is 2.99. The minimum Gasteiger partial charge on any atom is -0.481 e. The van der Waals surface area contributed by atoms with Crippen LogP contribution in [0.25, 0.3) is 0 Å². The van der Waals surface area contributed by atoms with Gasteiger partial charge in [0.2, 0.25) is 6.79 Å². The van der Waals surface area contributed by atoms with Crippen molar-refractivity contribution in [2.45, 2.75) is 38.3 Å². The number of benzene rings is 1. The van der Waals surface area contributed by atoms with Crippen molar-refractivity contribution in [1.82, 2.24) is 4.90 Å². The van der Waals surface area contributed by atoms with Crippen molar-refractivity contribution in [2.75, 3.05) is 13.3 Å². The van der Waals surface area contributed by atoms with Gasteiger partial charge in [-0.25, -0.2) is 0 Å². The molecule has 1 N–H and O–H groups in total. The first-order valence-electron chi connectivity index (χ1n) is 7.02. The van der Waals surface area contributed by atoms with E-state index in [9.17, 15) is 4.79 Å². The number of ether oxygens (including phenoxy) is 2. The monoisotopic (exact) mass is 277 g/mol. The zero-order chi connectivity index (χ0) is 14.1. The summed E-state index contributed by atoms with van der Waals surface area (Å²) in [5, 5.41) is 8.88. The smallest absolute Gasteiger partial charge is 0.304 e. The summed E-state index contributed by atoms with van der Waals surface area (Å²) >= 11 is 0. The number of aliphatic carboxylic acids is 1. The second-order valence-corrected chi connectivity index (χ2v) is 5.40. The molecule has 1 unspecified atom stereocenters. The van der Waals surface area contributed by atoms with Gasteiger partial charge in [-0.1, -0.05) is 6.07 Å². The van der Waals surface area contributed by atoms with Crippen LogP contribution in [-0.2, 0) is 4.79 Å². The highest BCUT2D eigenvalue weighted by atomic mass is 16.7. The van der Waals surface area contributed by atoms with Gasteiger partial charge in [-0.05, 0) is 37.5 Å². The summed E-state index contributed by atoms with van der Waals surface area (Å²) in [4.78, 5) is 13.1. The lowest BCUT2D eigenvalue weighted by Gasteiger charge is -2.29. The summed E-state index contributed by atoms with van der Waals surface area (Å²) in [6, 6.07) is 6.68. The maximum atomic E-state index is 10.8. The number of rotatable bonds is 6. The SMILES string of the molecule is CC(c1ccc2c(c1)OCO2)N(CCC(=O)O)C1CC1. The zero-order valence-electron chi connectivity index (χ0n) is 11.5. The second-order valence-electron chi connectivity index (χ2n) is 5.40. The Balaban J connectivity index is 1.75. The average molecular weight is 277 g/mol. The van der Waals surface area contributed by atoms with Crippen molar-refractivity contribution in [3.05, 3.63) is 23.8 Å². The number of hydrogen-bond acceptors (Lipinski definition) is 4. The van der Waals surface area contributed by atoms with Gasteiger partial charge in [-0.3, -0.25) is 9.69 Å². The van der Waals surface area contributed by atoms with Gasteiger partial charge < -0.3 is 14.6 Å². The number of nitrogens with zero attached hydrogens (tertiary/aromatic N) is 1. The number of carboxylic acids is 1. The minimum absolute atomic E-state index is 0.186. The summed E-state index contributed by atoms with van der Waals surface area (Å²) in [5.74, 6) is 0.821. The Morgan fingerprint density at radius 3 is 2.85 bits per heavy atom. The van der Waals surface area contributed by atoms with Crippen LogP contribution in [0.2, 0.25) is 0 Å². The molecule has 5 heteroatoms. The van der Waals surface area contributed by atoms with Gasteiger partial charge in [0, 0.05) is 18.6 Å². The molecule has 0 saturated heterocycles. The molecule has 1 aromatic carbocycles. The predicted octanol–water partition coefficient (Wildman–Crippen LogP) is 2.42. The molecular formula is C15H19NO4. The molecule has 1 atom stereocenters. The maximum Gasteiger partial charge on any atom is 0.304 e. The van der Waals surface area contributed by atoms with Crippen LogP contribution < -0.4 is 9.47 Å². The average Bonchev–Trinajstić information content (AvgIpc) is 3.15.